The van der Waals surface area contributed by atoms with E-state index in [9.17, 15) is 4.79 Å². The van der Waals surface area contributed by atoms with Gasteiger partial charge in [-0.1, -0.05) is 31.0 Å². The fourth-order valence-corrected chi connectivity index (χ4v) is 2.72. The van der Waals surface area contributed by atoms with E-state index in [1.165, 1.54) is 12.8 Å². The Morgan fingerprint density at radius 3 is 2.74 bits per heavy atom. The highest BCUT2D eigenvalue weighted by Crippen LogP contribution is 2.27. The number of ether oxygens (including phenoxy) is 1. The Labute approximate surface area is 119 Å². The van der Waals surface area contributed by atoms with Crippen LogP contribution in [0, 0.1) is 5.92 Å². The van der Waals surface area contributed by atoms with Gasteiger partial charge < -0.3 is 10.1 Å². The Morgan fingerprint density at radius 1 is 1.26 bits per heavy atom. The molecule has 0 bridgehead atoms. The number of amides is 1. The minimum atomic E-state index is -0.0849. The summed E-state index contributed by atoms with van der Waals surface area (Å²) in [5.74, 6) is 1.03. The molecule has 1 aliphatic rings. The van der Waals surface area contributed by atoms with Gasteiger partial charge in [0.15, 0.2) is 6.61 Å². The molecule has 19 heavy (non-hydrogen) atoms. The molecule has 2 rings (SSSR count). The van der Waals surface area contributed by atoms with Crippen molar-refractivity contribution < 1.29 is 9.53 Å². The third-order valence-corrected chi connectivity index (χ3v) is 4.07. The van der Waals surface area contributed by atoms with Crippen LogP contribution in [0.25, 0.3) is 0 Å². The Bertz CT molecular complexity index is 396. The van der Waals surface area contributed by atoms with Gasteiger partial charge in [0.1, 0.15) is 5.75 Å². The zero-order valence-corrected chi connectivity index (χ0v) is 11.7. The minimum absolute atomic E-state index is 0.0592. The lowest BCUT2D eigenvalue weighted by Gasteiger charge is -2.27. The van der Waals surface area contributed by atoms with Gasteiger partial charge in [-0.05, 0) is 30.9 Å². The Balaban J connectivity index is 1.67. The molecule has 1 saturated carbocycles. The maximum absolute atomic E-state index is 11.7. The van der Waals surface area contributed by atoms with Crippen LogP contribution >= 0.6 is 11.6 Å². The van der Waals surface area contributed by atoms with Crippen molar-refractivity contribution >= 4 is 17.5 Å². The molecule has 1 fully saturated rings. The first-order chi connectivity index (χ1) is 9.25. The van der Waals surface area contributed by atoms with Gasteiger partial charge in [0.25, 0.3) is 5.91 Å². The second-order valence-corrected chi connectivity index (χ2v) is 5.53. The summed E-state index contributed by atoms with van der Waals surface area (Å²) in [7, 11) is 0. The van der Waals surface area contributed by atoms with E-state index in [1.54, 1.807) is 0 Å². The molecule has 0 saturated heterocycles. The van der Waals surface area contributed by atoms with Gasteiger partial charge in [-0.25, -0.2) is 0 Å². The number of alkyl halides is 1. The molecule has 0 radical (unpaired) electrons. The molecule has 0 spiro atoms. The molecule has 0 heterocycles. The fraction of sp³-hybridized carbons (Fsp3) is 0.533. The van der Waals surface area contributed by atoms with E-state index < -0.39 is 0 Å². The lowest BCUT2D eigenvalue weighted by atomic mass is 9.89. The van der Waals surface area contributed by atoms with Crippen molar-refractivity contribution in [2.75, 3.05) is 13.2 Å². The largest absolute Gasteiger partial charge is 0.484 e. The normalized spacial score (nSPS) is 22.8. The van der Waals surface area contributed by atoms with Crippen LogP contribution in [0.5, 0.6) is 5.75 Å². The van der Waals surface area contributed by atoms with Crippen LogP contribution in [0.2, 0.25) is 0 Å². The van der Waals surface area contributed by atoms with Crippen molar-refractivity contribution in [2.24, 2.45) is 5.92 Å². The molecular formula is C15H20ClNO2. The van der Waals surface area contributed by atoms with Crippen LogP contribution in [0.1, 0.15) is 25.7 Å². The van der Waals surface area contributed by atoms with Crippen molar-refractivity contribution in [2.45, 2.75) is 31.1 Å². The highest BCUT2D eigenvalue weighted by Gasteiger charge is 2.23. The predicted molar refractivity (Wildman–Crippen MR) is 76.5 cm³/mol. The number of rotatable bonds is 5. The minimum Gasteiger partial charge on any atom is -0.484 e. The molecule has 2 atom stereocenters. The number of benzene rings is 1. The van der Waals surface area contributed by atoms with Crippen molar-refractivity contribution in [1.29, 1.82) is 0 Å². The Morgan fingerprint density at radius 2 is 2.00 bits per heavy atom. The second kappa shape index (κ2) is 7.39. The Kier molecular flexibility index (Phi) is 5.52. The summed E-state index contributed by atoms with van der Waals surface area (Å²) in [5, 5.41) is 3.10. The van der Waals surface area contributed by atoms with Gasteiger partial charge in [-0.3, -0.25) is 4.79 Å². The average molecular weight is 282 g/mol. The smallest absolute Gasteiger partial charge is 0.257 e. The first kappa shape index (κ1) is 14.2. The van der Waals surface area contributed by atoms with E-state index in [0.717, 1.165) is 12.8 Å². The summed E-state index contributed by atoms with van der Waals surface area (Å²) in [4.78, 5) is 11.7. The number of hydrogen-bond acceptors (Lipinski definition) is 2. The number of nitrogens with one attached hydrogen (secondary N) is 1. The van der Waals surface area contributed by atoms with Gasteiger partial charge in [-0.15, -0.1) is 11.6 Å². The van der Waals surface area contributed by atoms with E-state index >= 15 is 0 Å². The summed E-state index contributed by atoms with van der Waals surface area (Å²) in [6.45, 7) is 0.717. The van der Waals surface area contributed by atoms with Gasteiger partial charge in [0.05, 0.1) is 0 Å². The topological polar surface area (TPSA) is 38.3 Å². The van der Waals surface area contributed by atoms with Crippen molar-refractivity contribution in [3.05, 3.63) is 30.3 Å². The highest BCUT2D eigenvalue weighted by molar-refractivity contribution is 6.20. The first-order valence-corrected chi connectivity index (χ1v) is 7.28. The molecule has 1 aliphatic carbocycles. The molecule has 0 aromatic heterocycles. The molecule has 1 N–H and O–H groups in total. The monoisotopic (exact) mass is 281 g/mol. The molecule has 1 amide bonds. The van der Waals surface area contributed by atoms with Crippen LogP contribution in [0.3, 0.4) is 0 Å². The van der Waals surface area contributed by atoms with E-state index in [1.807, 2.05) is 30.3 Å². The molecule has 104 valence electrons. The third-order valence-electron chi connectivity index (χ3n) is 3.49. The van der Waals surface area contributed by atoms with Crippen molar-refractivity contribution in [3.63, 3.8) is 0 Å². The maximum Gasteiger partial charge on any atom is 0.257 e. The molecule has 2 unspecified atom stereocenters. The fourth-order valence-electron chi connectivity index (χ4n) is 2.35. The summed E-state index contributed by atoms with van der Waals surface area (Å²) in [5.41, 5.74) is 0. The summed E-state index contributed by atoms with van der Waals surface area (Å²) >= 11 is 6.26. The SMILES string of the molecule is O=C(COc1ccccc1)NCC1CCCCC1Cl. The standard InChI is InChI=1S/C15H20ClNO2/c16-14-9-5-4-6-12(14)10-17-15(18)11-19-13-7-2-1-3-8-13/h1-3,7-8,12,14H,4-6,9-11H2,(H,17,18). The third kappa shape index (κ3) is 4.75. The van der Waals surface area contributed by atoms with Crippen molar-refractivity contribution in [1.82, 2.24) is 5.32 Å². The number of para-hydroxylation sites is 1. The maximum atomic E-state index is 11.7. The molecule has 4 heteroatoms. The molecule has 3 nitrogen and oxygen atoms in total. The molecular weight excluding hydrogens is 262 g/mol. The van der Waals surface area contributed by atoms with Crippen LogP contribution in [-0.2, 0) is 4.79 Å². The van der Waals surface area contributed by atoms with Crippen LogP contribution in [-0.4, -0.2) is 24.4 Å². The summed E-state index contributed by atoms with van der Waals surface area (Å²) in [6, 6.07) is 9.35. The number of carbonyl (C=O) groups excluding carboxylic acids is 1. The van der Waals surface area contributed by atoms with Gasteiger partial charge in [0.2, 0.25) is 0 Å². The lowest BCUT2D eigenvalue weighted by molar-refractivity contribution is -0.123. The van der Waals surface area contributed by atoms with Crippen LogP contribution in [0.15, 0.2) is 30.3 Å². The molecule has 1 aromatic carbocycles. The van der Waals surface area contributed by atoms with Crippen LogP contribution < -0.4 is 10.1 Å². The van der Waals surface area contributed by atoms with Crippen LogP contribution in [0.4, 0.5) is 0 Å². The Hall–Kier alpha value is -1.22. The highest BCUT2D eigenvalue weighted by atomic mass is 35.5. The zero-order chi connectivity index (χ0) is 13.5. The number of carbonyl (C=O) groups is 1. The predicted octanol–water partition coefficient (Wildman–Crippen LogP) is 2.98. The van der Waals surface area contributed by atoms with Gasteiger partial charge >= 0.3 is 0 Å². The summed E-state index contributed by atoms with van der Waals surface area (Å²) in [6.07, 6.45) is 4.58. The van der Waals surface area contributed by atoms with E-state index in [4.69, 9.17) is 16.3 Å². The quantitative estimate of drug-likeness (QED) is 0.843. The number of halogens is 1. The average Bonchev–Trinajstić information content (AvgIpc) is 2.45. The van der Waals surface area contributed by atoms with E-state index in [-0.39, 0.29) is 17.9 Å². The van der Waals surface area contributed by atoms with Gasteiger partial charge in [-0.2, -0.15) is 0 Å². The second-order valence-electron chi connectivity index (χ2n) is 4.97. The lowest BCUT2D eigenvalue weighted by Crippen LogP contribution is -2.37. The molecule has 0 aliphatic heterocycles. The number of hydrogen-bond donors (Lipinski definition) is 1. The van der Waals surface area contributed by atoms with E-state index in [0.29, 0.717) is 18.2 Å². The van der Waals surface area contributed by atoms with E-state index in [2.05, 4.69) is 5.32 Å². The van der Waals surface area contributed by atoms with Gasteiger partial charge in [0, 0.05) is 11.9 Å². The zero-order valence-electron chi connectivity index (χ0n) is 11.0. The first-order valence-electron chi connectivity index (χ1n) is 6.84. The summed E-state index contributed by atoms with van der Waals surface area (Å²) < 4.78 is 5.39. The van der Waals surface area contributed by atoms with Crippen molar-refractivity contribution in [3.8, 4) is 5.75 Å². The molecule has 1 aromatic rings.